The highest BCUT2D eigenvalue weighted by Gasteiger charge is 2.19. The zero-order chi connectivity index (χ0) is 22.7. The van der Waals surface area contributed by atoms with Gasteiger partial charge in [-0.25, -0.2) is 4.98 Å². The van der Waals surface area contributed by atoms with E-state index >= 15 is 0 Å². The van der Waals surface area contributed by atoms with Crippen LogP contribution in [0.3, 0.4) is 0 Å². The second-order valence-corrected chi connectivity index (χ2v) is 7.73. The van der Waals surface area contributed by atoms with Gasteiger partial charge in [0.2, 0.25) is 5.13 Å². The number of thiazole rings is 1. The maximum atomic E-state index is 12.9. The maximum absolute atomic E-state index is 12.9. The molecule has 32 heavy (non-hydrogen) atoms. The molecular weight excluding hydrogens is 426 g/mol. The number of carbonyl (C=O) groups is 1. The number of fused-ring (bicyclic) bond motifs is 1. The van der Waals surface area contributed by atoms with Crippen molar-refractivity contribution < 1.29 is 14.6 Å². The largest absolute Gasteiger partial charge is 0.505 e. The second kappa shape index (κ2) is 8.83. The Kier molecular flexibility index (Phi) is 5.79. The van der Waals surface area contributed by atoms with Crippen LogP contribution in [0, 0.1) is 18.3 Å². The van der Waals surface area contributed by atoms with Gasteiger partial charge >= 0.3 is 0 Å². The number of nitriles is 1. The minimum atomic E-state index is -0.494. The van der Waals surface area contributed by atoms with E-state index in [1.54, 1.807) is 56.5 Å². The summed E-state index contributed by atoms with van der Waals surface area (Å²) < 4.78 is 5.12. The van der Waals surface area contributed by atoms with Gasteiger partial charge in [0.15, 0.2) is 5.75 Å². The summed E-state index contributed by atoms with van der Waals surface area (Å²) in [6.07, 6.45) is 0. The van der Waals surface area contributed by atoms with Crippen molar-refractivity contribution in [2.24, 2.45) is 10.2 Å². The van der Waals surface area contributed by atoms with Crippen molar-refractivity contribution in [1.29, 1.82) is 5.26 Å². The Morgan fingerprint density at radius 1 is 1.19 bits per heavy atom. The molecular formula is C23H17N5O3S. The zero-order valence-electron chi connectivity index (χ0n) is 17.2. The van der Waals surface area contributed by atoms with Gasteiger partial charge < -0.3 is 15.2 Å². The van der Waals surface area contributed by atoms with E-state index in [0.717, 1.165) is 11.3 Å². The first-order valence-electron chi connectivity index (χ1n) is 9.49. The van der Waals surface area contributed by atoms with E-state index in [1.807, 2.05) is 12.1 Å². The Hall–Kier alpha value is -4.29. The quantitative estimate of drug-likeness (QED) is 0.374. The molecule has 8 nitrogen and oxygen atoms in total. The van der Waals surface area contributed by atoms with Crippen molar-refractivity contribution in [1.82, 2.24) is 4.98 Å². The number of anilines is 1. The van der Waals surface area contributed by atoms with Crippen LogP contribution in [0.15, 0.2) is 64.8 Å². The Bertz CT molecular complexity index is 1390. The number of aromatic nitrogens is 1. The highest BCUT2D eigenvalue weighted by Crippen LogP contribution is 2.40. The van der Waals surface area contributed by atoms with E-state index in [4.69, 9.17) is 10.00 Å². The fraction of sp³-hybridized carbons (Fsp3) is 0.0870. The van der Waals surface area contributed by atoms with Crippen LogP contribution in [0.5, 0.6) is 11.5 Å². The monoisotopic (exact) mass is 443 g/mol. The summed E-state index contributed by atoms with van der Waals surface area (Å²) in [5.41, 5.74) is 1.32. The van der Waals surface area contributed by atoms with Gasteiger partial charge in [0.25, 0.3) is 5.91 Å². The number of carbonyl (C=O) groups excluding carboxylic acids is 1. The average molecular weight is 443 g/mol. The lowest BCUT2D eigenvalue weighted by Crippen LogP contribution is -2.12. The number of ether oxygens (including phenoxy) is 1. The highest BCUT2D eigenvalue weighted by atomic mass is 32.1. The topological polar surface area (TPSA) is 120 Å². The molecule has 0 saturated heterocycles. The molecule has 2 N–H and O–H groups in total. The van der Waals surface area contributed by atoms with Gasteiger partial charge in [-0.2, -0.15) is 5.26 Å². The number of aryl methyl sites for hydroxylation is 1. The standard InChI is InChI=1S/C23H17N5O3S/c1-13-19(12-24)32-23(25-13)28-27-20-17-6-4-3-5-14(17)11-18(21(20)29)22(30)26-15-7-9-16(31-2)10-8-15/h3-11,29H,1-2H3,(H,26,30)/b28-27+. The first kappa shape index (κ1) is 21.0. The van der Waals surface area contributed by atoms with Crippen LogP contribution in [-0.2, 0) is 0 Å². The molecule has 0 radical (unpaired) electrons. The predicted molar refractivity (Wildman–Crippen MR) is 122 cm³/mol. The third-order valence-electron chi connectivity index (χ3n) is 4.71. The zero-order valence-corrected chi connectivity index (χ0v) is 18.0. The molecule has 0 unspecified atom stereocenters. The summed E-state index contributed by atoms with van der Waals surface area (Å²) in [5.74, 6) is -0.129. The molecule has 4 rings (SSSR count). The number of nitrogens with zero attached hydrogens (tertiary/aromatic N) is 4. The number of aromatic hydroxyl groups is 1. The normalized spacial score (nSPS) is 10.9. The molecule has 158 valence electrons. The van der Waals surface area contributed by atoms with Crippen molar-refractivity contribution in [3.8, 4) is 17.6 Å². The number of phenols is 1. The molecule has 0 fully saturated rings. The molecule has 0 saturated carbocycles. The summed E-state index contributed by atoms with van der Waals surface area (Å²) >= 11 is 1.10. The maximum Gasteiger partial charge on any atom is 0.259 e. The molecule has 0 atom stereocenters. The molecule has 4 aromatic rings. The fourth-order valence-electron chi connectivity index (χ4n) is 3.09. The van der Waals surface area contributed by atoms with Crippen molar-refractivity contribution >= 4 is 44.5 Å². The summed E-state index contributed by atoms with van der Waals surface area (Å²) in [6.45, 7) is 1.71. The number of methoxy groups -OCH3 is 1. The van der Waals surface area contributed by atoms with E-state index in [0.29, 0.717) is 32.8 Å². The molecule has 9 heteroatoms. The number of nitrogens with one attached hydrogen (secondary N) is 1. The van der Waals surface area contributed by atoms with Gasteiger partial charge in [-0.05, 0) is 42.6 Å². The molecule has 3 aromatic carbocycles. The van der Waals surface area contributed by atoms with Crippen molar-refractivity contribution in [2.75, 3.05) is 12.4 Å². The van der Waals surface area contributed by atoms with Crippen LogP contribution in [0.1, 0.15) is 20.9 Å². The highest BCUT2D eigenvalue weighted by molar-refractivity contribution is 7.15. The smallest absolute Gasteiger partial charge is 0.259 e. The molecule has 0 aliphatic rings. The van der Waals surface area contributed by atoms with Gasteiger partial charge in [-0.15, -0.1) is 10.2 Å². The first-order chi connectivity index (χ1) is 15.5. The summed E-state index contributed by atoms with van der Waals surface area (Å²) in [7, 11) is 1.56. The van der Waals surface area contributed by atoms with Crippen molar-refractivity contribution in [3.05, 3.63) is 70.7 Å². The number of rotatable bonds is 5. The molecule has 1 heterocycles. The van der Waals surface area contributed by atoms with Gasteiger partial charge in [0.1, 0.15) is 22.4 Å². The summed E-state index contributed by atoms with van der Waals surface area (Å²) in [5, 5.41) is 32.7. The van der Waals surface area contributed by atoms with E-state index in [2.05, 4.69) is 26.6 Å². The van der Waals surface area contributed by atoms with E-state index < -0.39 is 5.91 Å². The van der Waals surface area contributed by atoms with Gasteiger partial charge in [-0.1, -0.05) is 35.6 Å². The molecule has 0 spiro atoms. The van der Waals surface area contributed by atoms with E-state index in [1.165, 1.54) is 0 Å². The van der Waals surface area contributed by atoms with Crippen molar-refractivity contribution in [2.45, 2.75) is 6.92 Å². The number of amides is 1. The van der Waals surface area contributed by atoms with E-state index in [-0.39, 0.29) is 22.1 Å². The number of hydrogen-bond acceptors (Lipinski definition) is 8. The lowest BCUT2D eigenvalue weighted by molar-refractivity contribution is 0.102. The van der Waals surface area contributed by atoms with Gasteiger partial charge in [-0.3, -0.25) is 4.79 Å². The van der Waals surface area contributed by atoms with E-state index in [9.17, 15) is 9.90 Å². The molecule has 1 amide bonds. The molecule has 0 aliphatic heterocycles. The number of phenolic OH excluding ortho intramolecular Hbond substituents is 1. The Morgan fingerprint density at radius 2 is 1.94 bits per heavy atom. The summed E-state index contributed by atoms with van der Waals surface area (Å²) in [6, 6.07) is 17.7. The lowest BCUT2D eigenvalue weighted by Gasteiger charge is -2.11. The number of hydrogen-bond donors (Lipinski definition) is 2. The fourth-order valence-corrected chi connectivity index (χ4v) is 3.77. The van der Waals surface area contributed by atoms with Crippen molar-refractivity contribution in [3.63, 3.8) is 0 Å². The number of benzene rings is 3. The minimum absolute atomic E-state index is 0.0569. The predicted octanol–water partition coefficient (Wildman–Crippen LogP) is 5.86. The molecule has 0 aliphatic carbocycles. The lowest BCUT2D eigenvalue weighted by atomic mass is 10.0. The third-order valence-corrected chi connectivity index (χ3v) is 5.66. The SMILES string of the molecule is COc1ccc(NC(=O)c2cc3ccccc3c(/N=N/c3nc(C)c(C#N)s3)c2O)cc1. The first-order valence-corrected chi connectivity index (χ1v) is 10.3. The van der Waals surface area contributed by atoms with Crippen LogP contribution in [0.25, 0.3) is 10.8 Å². The average Bonchev–Trinajstić information content (AvgIpc) is 3.18. The molecule has 0 bridgehead atoms. The molecule has 1 aromatic heterocycles. The van der Waals surface area contributed by atoms with Gasteiger partial charge in [0, 0.05) is 11.1 Å². The second-order valence-electron chi connectivity index (χ2n) is 6.75. The van der Waals surface area contributed by atoms with Crippen LogP contribution in [-0.4, -0.2) is 23.1 Å². The minimum Gasteiger partial charge on any atom is -0.505 e. The number of azo groups is 1. The van der Waals surface area contributed by atoms with Crippen LogP contribution >= 0.6 is 11.3 Å². The Morgan fingerprint density at radius 3 is 2.62 bits per heavy atom. The Labute approximate surface area is 187 Å². The van der Waals surface area contributed by atoms with Crippen LogP contribution in [0.4, 0.5) is 16.5 Å². The van der Waals surface area contributed by atoms with Gasteiger partial charge in [0.05, 0.1) is 18.4 Å². The van der Waals surface area contributed by atoms with Crippen LogP contribution in [0.2, 0.25) is 0 Å². The summed E-state index contributed by atoms with van der Waals surface area (Å²) in [4.78, 5) is 17.6. The Balaban J connectivity index is 1.73. The van der Waals surface area contributed by atoms with Crippen LogP contribution < -0.4 is 10.1 Å². The third kappa shape index (κ3) is 4.12.